The molecule has 13 heavy (non-hydrogen) atoms. The molecule has 1 rings (SSSR count). The third-order valence-corrected chi connectivity index (χ3v) is 2.18. The van der Waals surface area contributed by atoms with Gasteiger partial charge in [-0.2, -0.15) is 0 Å². The third-order valence-electron chi connectivity index (χ3n) is 2.18. The van der Waals surface area contributed by atoms with E-state index in [1.807, 2.05) is 4.90 Å². The van der Waals surface area contributed by atoms with Crippen molar-refractivity contribution in [1.29, 1.82) is 0 Å². The maximum atomic E-state index is 10.4. The van der Waals surface area contributed by atoms with Crippen LogP contribution in [0.3, 0.4) is 0 Å². The molecule has 0 radical (unpaired) electrons. The summed E-state index contributed by atoms with van der Waals surface area (Å²) in [5, 5.41) is 17.6. The fraction of sp³-hybridized carbons (Fsp3) is 0.875. The van der Waals surface area contributed by atoms with E-state index in [1.54, 1.807) is 0 Å². The van der Waals surface area contributed by atoms with Crippen molar-refractivity contribution in [3.63, 3.8) is 0 Å². The monoisotopic (exact) mass is 189 g/mol. The second kappa shape index (κ2) is 5.16. The second-order valence-corrected chi connectivity index (χ2v) is 3.08. The zero-order valence-electron chi connectivity index (χ0n) is 7.48. The van der Waals surface area contributed by atoms with Crippen LogP contribution in [0.1, 0.15) is 6.42 Å². The van der Waals surface area contributed by atoms with Crippen LogP contribution in [0, 0.1) is 0 Å². The van der Waals surface area contributed by atoms with Gasteiger partial charge in [-0.1, -0.05) is 0 Å². The Labute approximate surface area is 76.9 Å². The van der Waals surface area contributed by atoms with E-state index in [0.717, 1.165) is 0 Å². The van der Waals surface area contributed by atoms with Crippen LogP contribution in [-0.2, 0) is 9.53 Å². The van der Waals surface area contributed by atoms with E-state index in [9.17, 15) is 4.79 Å². The Bertz CT molecular complexity index is 168. The highest BCUT2D eigenvalue weighted by Gasteiger charge is 2.22. The SMILES string of the molecule is O=C(O)CC(CO)N1CCOCC1. The highest BCUT2D eigenvalue weighted by Crippen LogP contribution is 2.06. The minimum absolute atomic E-state index is 0.00347. The summed E-state index contributed by atoms with van der Waals surface area (Å²) in [6.45, 7) is 2.55. The van der Waals surface area contributed by atoms with Crippen LogP contribution < -0.4 is 0 Å². The summed E-state index contributed by atoms with van der Waals surface area (Å²) in [4.78, 5) is 12.4. The van der Waals surface area contributed by atoms with Crippen LogP contribution in [0.5, 0.6) is 0 Å². The summed E-state index contributed by atoms with van der Waals surface area (Å²) in [5.41, 5.74) is 0. The lowest BCUT2D eigenvalue weighted by atomic mass is 10.2. The Kier molecular flexibility index (Phi) is 4.14. The Balaban J connectivity index is 2.39. The lowest BCUT2D eigenvalue weighted by Crippen LogP contribution is -2.46. The maximum Gasteiger partial charge on any atom is 0.305 e. The molecular weight excluding hydrogens is 174 g/mol. The van der Waals surface area contributed by atoms with Gasteiger partial charge in [-0.25, -0.2) is 0 Å². The number of carbonyl (C=O) groups is 1. The van der Waals surface area contributed by atoms with Gasteiger partial charge in [0.2, 0.25) is 0 Å². The zero-order chi connectivity index (χ0) is 9.68. The Morgan fingerprint density at radius 3 is 2.54 bits per heavy atom. The van der Waals surface area contributed by atoms with E-state index < -0.39 is 5.97 Å². The topological polar surface area (TPSA) is 70.0 Å². The fourth-order valence-corrected chi connectivity index (χ4v) is 1.45. The van der Waals surface area contributed by atoms with Crippen molar-refractivity contribution in [1.82, 2.24) is 4.90 Å². The van der Waals surface area contributed by atoms with Crippen molar-refractivity contribution in [3.05, 3.63) is 0 Å². The van der Waals surface area contributed by atoms with Crippen LogP contribution in [0.4, 0.5) is 0 Å². The number of aliphatic carboxylic acids is 1. The number of morpholine rings is 1. The van der Waals surface area contributed by atoms with Crippen LogP contribution in [0.15, 0.2) is 0 Å². The first-order valence-electron chi connectivity index (χ1n) is 4.38. The first-order valence-corrected chi connectivity index (χ1v) is 4.38. The van der Waals surface area contributed by atoms with Gasteiger partial charge >= 0.3 is 5.97 Å². The average molecular weight is 189 g/mol. The predicted molar refractivity (Wildman–Crippen MR) is 45.5 cm³/mol. The number of nitrogens with zero attached hydrogens (tertiary/aromatic N) is 1. The molecule has 1 aliphatic rings. The summed E-state index contributed by atoms with van der Waals surface area (Å²) in [5.74, 6) is -0.870. The molecule has 0 aromatic heterocycles. The van der Waals surface area contributed by atoms with E-state index in [2.05, 4.69) is 0 Å². The van der Waals surface area contributed by atoms with E-state index >= 15 is 0 Å². The van der Waals surface area contributed by atoms with E-state index in [1.165, 1.54) is 0 Å². The first-order chi connectivity index (χ1) is 6.24. The number of hydrogen-bond donors (Lipinski definition) is 2. The number of aliphatic hydroxyl groups excluding tert-OH is 1. The number of hydrogen-bond acceptors (Lipinski definition) is 4. The largest absolute Gasteiger partial charge is 0.481 e. The molecule has 1 heterocycles. The standard InChI is InChI=1S/C8H15NO4/c10-6-7(5-8(11)12)9-1-3-13-4-2-9/h7,10H,1-6H2,(H,11,12). The highest BCUT2D eigenvalue weighted by molar-refractivity contribution is 5.67. The molecule has 1 fully saturated rings. The summed E-state index contributed by atoms with van der Waals surface area (Å²) in [6.07, 6.45) is -0.00347. The average Bonchev–Trinajstić information content (AvgIpc) is 2.15. The molecule has 5 nitrogen and oxygen atoms in total. The molecule has 1 atom stereocenters. The quantitative estimate of drug-likeness (QED) is 0.603. The Morgan fingerprint density at radius 2 is 2.08 bits per heavy atom. The first kappa shape index (κ1) is 10.4. The van der Waals surface area contributed by atoms with E-state index in [0.29, 0.717) is 26.3 Å². The minimum Gasteiger partial charge on any atom is -0.481 e. The fourth-order valence-electron chi connectivity index (χ4n) is 1.45. The van der Waals surface area contributed by atoms with Crippen LogP contribution in [0.2, 0.25) is 0 Å². The number of carboxylic acid groups (broad SMARTS) is 1. The molecule has 1 unspecified atom stereocenters. The molecule has 0 amide bonds. The van der Waals surface area contributed by atoms with Gasteiger partial charge in [0, 0.05) is 19.1 Å². The molecule has 0 aromatic rings. The number of carboxylic acids is 1. The lowest BCUT2D eigenvalue weighted by molar-refractivity contribution is -0.139. The van der Waals surface area contributed by atoms with Gasteiger partial charge in [-0.05, 0) is 0 Å². The van der Waals surface area contributed by atoms with E-state index in [4.69, 9.17) is 14.9 Å². The lowest BCUT2D eigenvalue weighted by Gasteiger charge is -2.32. The normalized spacial score (nSPS) is 21.3. The van der Waals surface area contributed by atoms with Gasteiger partial charge in [0.15, 0.2) is 0 Å². The van der Waals surface area contributed by atoms with Crippen molar-refractivity contribution >= 4 is 5.97 Å². The number of aliphatic hydroxyl groups is 1. The third kappa shape index (κ3) is 3.30. The van der Waals surface area contributed by atoms with Gasteiger partial charge in [0.1, 0.15) is 0 Å². The van der Waals surface area contributed by atoms with Crippen molar-refractivity contribution in [2.24, 2.45) is 0 Å². The zero-order valence-corrected chi connectivity index (χ0v) is 7.48. The van der Waals surface area contributed by atoms with Crippen molar-refractivity contribution in [2.75, 3.05) is 32.9 Å². The summed E-state index contributed by atoms with van der Waals surface area (Å²) in [7, 11) is 0. The molecular formula is C8H15NO4. The van der Waals surface area contributed by atoms with Gasteiger partial charge in [-0.3, -0.25) is 9.69 Å². The molecule has 0 bridgehead atoms. The predicted octanol–water partition coefficient (Wildman–Crippen LogP) is -0.846. The van der Waals surface area contributed by atoms with Crippen molar-refractivity contribution in [3.8, 4) is 0 Å². The van der Waals surface area contributed by atoms with Gasteiger partial charge in [-0.15, -0.1) is 0 Å². The molecule has 1 saturated heterocycles. The maximum absolute atomic E-state index is 10.4. The summed E-state index contributed by atoms with van der Waals surface area (Å²) < 4.78 is 5.13. The molecule has 0 aliphatic carbocycles. The van der Waals surface area contributed by atoms with Crippen molar-refractivity contribution < 1.29 is 19.7 Å². The number of ether oxygens (including phenoxy) is 1. The molecule has 1 aliphatic heterocycles. The Morgan fingerprint density at radius 1 is 1.46 bits per heavy atom. The molecule has 2 N–H and O–H groups in total. The molecule has 0 saturated carbocycles. The van der Waals surface area contributed by atoms with E-state index in [-0.39, 0.29) is 19.1 Å². The molecule has 76 valence electrons. The van der Waals surface area contributed by atoms with Gasteiger partial charge < -0.3 is 14.9 Å². The Hall–Kier alpha value is -0.650. The van der Waals surface area contributed by atoms with Crippen LogP contribution in [-0.4, -0.2) is 60.0 Å². The molecule has 5 heteroatoms. The van der Waals surface area contributed by atoms with Crippen LogP contribution >= 0.6 is 0 Å². The summed E-state index contributed by atoms with van der Waals surface area (Å²) >= 11 is 0. The molecule has 0 aromatic carbocycles. The smallest absolute Gasteiger partial charge is 0.305 e. The minimum atomic E-state index is -0.870. The second-order valence-electron chi connectivity index (χ2n) is 3.08. The van der Waals surface area contributed by atoms with Crippen LogP contribution in [0.25, 0.3) is 0 Å². The summed E-state index contributed by atoms with van der Waals surface area (Å²) in [6, 6.07) is -0.263. The highest BCUT2D eigenvalue weighted by atomic mass is 16.5. The number of rotatable bonds is 4. The molecule has 0 spiro atoms. The van der Waals surface area contributed by atoms with Gasteiger partial charge in [0.25, 0.3) is 0 Å². The van der Waals surface area contributed by atoms with Crippen molar-refractivity contribution in [2.45, 2.75) is 12.5 Å². The van der Waals surface area contributed by atoms with Gasteiger partial charge in [0.05, 0.1) is 26.2 Å².